The van der Waals surface area contributed by atoms with Crippen LogP contribution < -0.4 is 5.32 Å². The van der Waals surface area contributed by atoms with Crippen LogP contribution in [0.1, 0.15) is 40.0 Å². The molecule has 0 heterocycles. The minimum absolute atomic E-state index is 0.0627. The van der Waals surface area contributed by atoms with Crippen molar-refractivity contribution in [2.75, 3.05) is 20.8 Å². The van der Waals surface area contributed by atoms with Gasteiger partial charge in [0.15, 0.2) is 0 Å². The largest absolute Gasteiger partial charge is 0.379 e. The Morgan fingerprint density at radius 3 is 2.56 bits per heavy atom. The molecular formula is C12H25NO3. The highest BCUT2D eigenvalue weighted by molar-refractivity contribution is 5.75. The van der Waals surface area contributed by atoms with Gasteiger partial charge in [0, 0.05) is 27.2 Å². The standard InChI is InChI=1S/C12H25NO3/c1-10(6-7-11(14)13-4)16-9-8-12(2,3)15-5/h10H,6-9H2,1-5H3,(H,13,14). The lowest BCUT2D eigenvalue weighted by atomic mass is 10.1. The number of amides is 1. The van der Waals surface area contributed by atoms with Crippen LogP contribution in [-0.4, -0.2) is 38.4 Å². The molecule has 16 heavy (non-hydrogen) atoms. The highest BCUT2D eigenvalue weighted by atomic mass is 16.5. The zero-order chi connectivity index (χ0) is 12.6. The van der Waals surface area contributed by atoms with Crippen LogP contribution in [0.3, 0.4) is 0 Å². The Bertz CT molecular complexity index is 204. The fourth-order valence-electron chi connectivity index (χ4n) is 1.15. The highest BCUT2D eigenvalue weighted by Gasteiger charge is 2.16. The molecule has 0 spiro atoms. The van der Waals surface area contributed by atoms with Crippen LogP contribution in [0.15, 0.2) is 0 Å². The maximum atomic E-state index is 11.0. The third-order valence-corrected chi connectivity index (χ3v) is 2.72. The van der Waals surface area contributed by atoms with Crippen LogP contribution in [0.4, 0.5) is 0 Å². The van der Waals surface area contributed by atoms with Crippen molar-refractivity contribution in [3.8, 4) is 0 Å². The van der Waals surface area contributed by atoms with E-state index in [0.717, 1.165) is 12.8 Å². The molecule has 0 aromatic carbocycles. The number of ether oxygens (including phenoxy) is 2. The van der Waals surface area contributed by atoms with Crippen LogP contribution in [0.2, 0.25) is 0 Å². The Balaban J connectivity index is 3.58. The molecular weight excluding hydrogens is 206 g/mol. The second-order valence-corrected chi connectivity index (χ2v) is 4.61. The van der Waals surface area contributed by atoms with Crippen LogP contribution in [0.5, 0.6) is 0 Å². The summed E-state index contributed by atoms with van der Waals surface area (Å²) in [5.74, 6) is 0.0627. The van der Waals surface area contributed by atoms with Crippen molar-refractivity contribution < 1.29 is 14.3 Å². The van der Waals surface area contributed by atoms with Crippen molar-refractivity contribution >= 4 is 5.91 Å². The van der Waals surface area contributed by atoms with Crippen LogP contribution in [-0.2, 0) is 14.3 Å². The Hall–Kier alpha value is -0.610. The van der Waals surface area contributed by atoms with Crippen LogP contribution >= 0.6 is 0 Å². The molecule has 0 aromatic heterocycles. The number of hydrogen-bond acceptors (Lipinski definition) is 3. The summed E-state index contributed by atoms with van der Waals surface area (Å²) in [6, 6.07) is 0. The second kappa shape index (κ2) is 7.63. The topological polar surface area (TPSA) is 47.6 Å². The Labute approximate surface area is 98.7 Å². The number of nitrogens with one attached hydrogen (secondary N) is 1. The lowest BCUT2D eigenvalue weighted by Gasteiger charge is -2.23. The molecule has 96 valence electrons. The van der Waals surface area contributed by atoms with Gasteiger partial charge in [-0.05, 0) is 33.6 Å². The molecule has 1 unspecified atom stereocenters. The number of carbonyl (C=O) groups excluding carboxylic acids is 1. The Morgan fingerprint density at radius 1 is 1.44 bits per heavy atom. The predicted octanol–water partition coefficient (Wildman–Crippen LogP) is 1.73. The zero-order valence-electron chi connectivity index (χ0n) is 11.1. The molecule has 0 aliphatic carbocycles. The van der Waals surface area contributed by atoms with E-state index in [0.29, 0.717) is 13.0 Å². The Morgan fingerprint density at radius 2 is 2.06 bits per heavy atom. The third kappa shape index (κ3) is 7.65. The highest BCUT2D eigenvalue weighted by Crippen LogP contribution is 2.13. The van der Waals surface area contributed by atoms with E-state index >= 15 is 0 Å². The maximum Gasteiger partial charge on any atom is 0.219 e. The number of methoxy groups -OCH3 is 1. The summed E-state index contributed by atoms with van der Waals surface area (Å²) in [5.41, 5.74) is -0.138. The summed E-state index contributed by atoms with van der Waals surface area (Å²) >= 11 is 0. The van der Waals surface area contributed by atoms with E-state index in [1.807, 2.05) is 20.8 Å². The molecule has 0 aliphatic heterocycles. The summed E-state index contributed by atoms with van der Waals surface area (Å²) in [4.78, 5) is 11.0. The Kier molecular flexibility index (Phi) is 7.34. The summed E-state index contributed by atoms with van der Waals surface area (Å²) in [6.45, 7) is 6.72. The number of hydrogen-bond donors (Lipinski definition) is 1. The molecule has 0 rings (SSSR count). The molecule has 0 saturated heterocycles. The van der Waals surface area contributed by atoms with Crippen molar-refractivity contribution in [1.82, 2.24) is 5.32 Å². The fourth-order valence-corrected chi connectivity index (χ4v) is 1.15. The van der Waals surface area contributed by atoms with Gasteiger partial charge in [0.1, 0.15) is 0 Å². The van der Waals surface area contributed by atoms with Gasteiger partial charge in [0.05, 0.1) is 11.7 Å². The number of rotatable bonds is 8. The van der Waals surface area contributed by atoms with Gasteiger partial charge >= 0.3 is 0 Å². The molecule has 1 atom stereocenters. The van der Waals surface area contributed by atoms with Gasteiger partial charge in [-0.25, -0.2) is 0 Å². The van der Waals surface area contributed by atoms with E-state index in [1.165, 1.54) is 0 Å². The monoisotopic (exact) mass is 231 g/mol. The zero-order valence-corrected chi connectivity index (χ0v) is 11.1. The minimum Gasteiger partial charge on any atom is -0.379 e. The molecule has 1 N–H and O–H groups in total. The molecule has 0 aliphatic rings. The van der Waals surface area contributed by atoms with Gasteiger partial charge in [-0.3, -0.25) is 4.79 Å². The van der Waals surface area contributed by atoms with Gasteiger partial charge in [-0.2, -0.15) is 0 Å². The van der Waals surface area contributed by atoms with E-state index in [-0.39, 0.29) is 17.6 Å². The third-order valence-electron chi connectivity index (χ3n) is 2.72. The summed E-state index contributed by atoms with van der Waals surface area (Å²) < 4.78 is 10.9. The first-order chi connectivity index (χ1) is 7.41. The van der Waals surface area contributed by atoms with Gasteiger partial charge in [-0.1, -0.05) is 0 Å². The van der Waals surface area contributed by atoms with Crippen molar-refractivity contribution in [3.05, 3.63) is 0 Å². The summed E-state index contributed by atoms with van der Waals surface area (Å²) in [5, 5.41) is 2.60. The molecule has 0 aromatic rings. The number of carbonyl (C=O) groups is 1. The SMILES string of the molecule is CNC(=O)CCC(C)OCCC(C)(C)OC. The molecule has 1 amide bonds. The van der Waals surface area contributed by atoms with E-state index in [1.54, 1.807) is 14.2 Å². The minimum atomic E-state index is -0.138. The average Bonchev–Trinajstić information content (AvgIpc) is 2.25. The molecule has 0 radical (unpaired) electrons. The van der Waals surface area contributed by atoms with Crippen molar-refractivity contribution in [2.24, 2.45) is 0 Å². The van der Waals surface area contributed by atoms with E-state index < -0.39 is 0 Å². The van der Waals surface area contributed by atoms with Gasteiger partial charge in [-0.15, -0.1) is 0 Å². The summed E-state index contributed by atoms with van der Waals surface area (Å²) in [7, 11) is 3.35. The molecule has 0 saturated carbocycles. The van der Waals surface area contributed by atoms with Gasteiger partial charge < -0.3 is 14.8 Å². The average molecular weight is 231 g/mol. The first kappa shape index (κ1) is 15.4. The molecule has 0 bridgehead atoms. The smallest absolute Gasteiger partial charge is 0.219 e. The lowest BCUT2D eigenvalue weighted by molar-refractivity contribution is -0.121. The first-order valence-corrected chi connectivity index (χ1v) is 5.78. The normalized spacial score (nSPS) is 13.6. The lowest BCUT2D eigenvalue weighted by Crippen LogP contribution is -2.26. The van der Waals surface area contributed by atoms with E-state index in [2.05, 4.69) is 5.32 Å². The van der Waals surface area contributed by atoms with Crippen LogP contribution in [0, 0.1) is 0 Å². The molecule has 4 nitrogen and oxygen atoms in total. The quantitative estimate of drug-likeness (QED) is 0.692. The van der Waals surface area contributed by atoms with Crippen molar-refractivity contribution in [1.29, 1.82) is 0 Å². The fraction of sp³-hybridized carbons (Fsp3) is 0.917. The first-order valence-electron chi connectivity index (χ1n) is 5.78. The molecule has 4 heteroatoms. The van der Waals surface area contributed by atoms with E-state index in [4.69, 9.17) is 9.47 Å². The maximum absolute atomic E-state index is 11.0. The van der Waals surface area contributed by atoms with Crippen molar-refractivity contribution in [3.63, 3.8) is 0 Å². The van der Waals surface area contributed by atoms with Gasteiger partial charge in [0.2, 0.25) is 5.91 Å². The van der Waals surface area contributed by atoms with Crippen LogP contribution in [0.25, 0.3) is 0 Å². The van der Waals surface area contributed by atoms with Crippen molar-refractivity contribution in [2.45, 2.75) is 51.7 Å². The van der Waals surface area contributed by atoms with E-state index in [9.17, 15) is 4.79 Å². The second-order valence-electron chi connectivity index (χ2n) is 4.61. The predicted molar refractivity (Wildman–Crippen MR) is 64.4 cm³/mol. The van der Waals surface area contributed by atoms with Gasteiger partial charge in [0.25, 0.3) is 0 Å². The summed E-state index contributed by atoms with van der Waals surface area (Å²) in [6.07, 6.45) is 2.25. The molecule has 0 fully saturated rings.